The Labute approximate surface area is 114 Å². The Hall–Kier alpha value is -0.780. The third-order valence-electron chi connectivity index (χ3n) is 3.51. The lowest BCUT2D eigenvalue weighted by molar-refractivity contribution is 0.556. The normalized spacial score (nSPS) is 10.7. The molecule has 0 saturated carbocycles. The standard InChI is InChI=1S/C18H28/c1-2-3-4-5-6-7-8-9-10-12-15-18-16-13-11-14-17-18/h11,13,16H,2-10,12,15H2,1H3. The molecule has 1 rings (SSSR count). The summed E-state index contributed by atoms with van der Waals surface area (Å²) >= 11 is 0. The Kier molecular flexibility index (Phi) is 9.61. The van der Waals surface area contributed by atoms with Gasteiger partial charge in [-0.15, -0.1) is 0 Å². The maximum atomic E-state index is 3.17. The first-order chi connectivity index (χ1) is 8.93. The van der Waals surface area contributed by atoms with E-state index in [1.54, 1.807) is 0 Å². The van der Waals surface area contributed by atoms with Crippen LogP contribution in [0.5, 0.6) is 0 Å². The van der Waals surface area contributed by atoms with Crippen molar-refractivity contribution >= 4 is 0 Å². The topological polar surface area (TPSA) is 0 Å². The van der Waals surface area contributed by atoms with Crippen LogP contribution < -0.4 is 0 Å². The van der Waals surface area contributed by atoms with E-state index in [1.807, 2.05) is 6.07 Å². The van der Waals surface area contributed by atoms with E-state index in [9.17, 15) is 0 Å². The second-order valence-electron chi connectivity index (χ2n) is 5.25. The number of hydrogen-bond acceptors (Lipinski definition) is 0. The third-order valence-corrected chi connectivity index (χ3v) is 3.51. The number of unbranched alkanes of at least 4 members (excludes halogenated alkanes) is 9. The summed E-state index contributed by atoms with van der Waals surface area (Å²) < 4.78 is 0. The second kappa shape index (κ2) is 11.3. The molecule has 18 heavy (non-hydrogen) atoms. The van der Waals surface area contributed by atoms with Gasteiger partial charge < -0.3 is 0 Å². The lowest BCUT2D eigenvalue weighted by Crippen LogP contribution is -1.86. The van der Waals surface area contributed by atoms with Gasteiger partial charge in [0.25, 0.3) is 0 Å². The number of aryl methyl sites for hydroxylation is 1. The number of hydrogen-bond donors (Lipinski definition) is 0. The fourth-order valence-electron chi connectivity index (χ4n) is 2.34. The first-order valence-corrected chi connectivity index (χ1v) is 7.80. The minimum atomic E-state index is 1.17. The summed E-state index contributed by atoms with van der Waals surface area (Å²) in [4.78, 5) is 0. The molecule has 0 heteroatoms. The highest BCUT2D eigenvalue weighted by atomic mass is 14.0. The van der Waals surface area contributed by atoms with Gasteiger partial charge >= 0.3 is 0 Å². The van der Waals surface area contributed by atoms with E-state index in [0.29, 0.717) is 0 Å². The molecule has 0 spiro atoms. The smallest absolute Gasteiger partial charge is 0.00641 e. The molecule has 0 fully saturated rings. The maximum Gasteiger partial charge on any atom is -0.00641 e. The van der Waals surface area contributed by atoms with E-state index < -0.39 is 0 Å². The minimum absolute atomic E-state index is 1.17. The molecule has 100 valence electrons. The summed E-state index contributed by atoms with van der Waals surface area (Å²) in [7, 11) is 0. The van der Waals surface area contributed by atoms with Crippen molar-refractivity contribution in [3.8, 4) is 0 Å². The summed E-state index contributed by atoms with van der Waals surface area (Å²) in [6.45, 7) is 2.28. The van der Waals surface area contributed by atoms with E-state index in [1.165, 1.54) is 76.2 Å². The lowest BCUT2D eigenvalue weighted by atomic mass is 10.0. The summed E-state index contributed by atoms with van der Waals surface area (Å²) in [5.41, 5.74) is 1.32. The van der Waals surface area contributed by atoms with Crippen molar-refractivity contribution in [3.63, 3.8) is 0 Å². The molecule has 0 heterocycles. The first-order valence-electron chi connectivity index (χ1n) is 7.80. The molecule has 0 aromatic heterocycles. The van der Waals surface area contributed by atoms with Crippen LogP contribution in [0.2, 0.25) is 0 Å². The zero-order chi connectivity index (χ0) is 12.9. The van der Waals surface area contributed by atoms with Crippen LogP contribution in [0.15, 0.2) is 18.2 Å². The van der Waals surface area contributed by atoms with Crippen LogP contribution in [0.1, 0.15) is 76.7 Å². The quantitative estimate of drug-likeness (QED) is 0.435. The van der Waals surface area contributed by atoms with Crippen LogP contribution in [-0.2, 0) is 6.42 Å². The monoisotopic (exact) mass is 244 g/mol. The van der Waals surface area contributed by atoms with Gasteiger partial charge in [0, 0.05) is 0 Å². The molecular formula is C18H28. The highest BCUT2D eigenvalue weighted by molar-refractivity contribution is 5.11. The highest BCUT2D eigenvalue weighted by Gasteiger charge is 1.94. The Morgan fingerprint density at radius 2 is 1.44 bits per heavy atom. The Morgan fingerprint density at radius 1 is 0.833 bits per heavy atom. The van der Waals surface area contributed by atoms with Crippen LogP contribution in [0, 0.1) is 12.1 Å². The fourth-order valence-corrected chi connectivity index (χ4v) is 2.34. The molecule has 0 unspecified atom stereocenters. The van der Waals surface area contributed by atoms with Crippen molar-refractivity contribution in [2.45, 2.75) is 77.6 Å². The summed E-state index contributed by atoms with van der Waals surface area (Å²) in [5.74, 6) is 0. The first kappa shape index (κ1) is 15.3. The van der Waals surface area contributed by atoms with Crippen molar-refractivity contribution in [3.05, 3.63) is 35.9 Å². The van der Waals surface area contributed by atoms with E-state index >= 15 is 0 Å². The van der Waals surface area contributed by atoms with Crippen LogP contribution in [0.25, 0.3) is 0 Å². The predicted octanol–water partition coefficient (Wildman–Crippen LogP) is 5.75. The molecule has 0 N–H and O–H groups in total. The van der Waals surface area contributed by atoms with Crippen molar-refractivity contribution in [1.29, 1.82) is 0 Å². The van der Waals surface area contributed by atoms with E-state index in [2.05, 4.69) is 31.2 Å². The molecule has 1 aromatic carbocycles. The zero-order valence-corrected chi connectivity index (χ0v) is 12.0. The van der Waals surface area contributed by atoms with Crippen molar-refractivity contribution < 1.29 is 0 Å². The van der Waals surface area contributed by atoms with E-state index in [0.717, 1.165) is 0 Å². The second-order valence-corrected chi connectivity index (χ2v) is 5.25. The van der Waals surface area contributed by atoms with Gasteiger partial charge in [0.05, 0.1) is 0 Å². The van der Waals surface area contributed by atoms with E-state index in [-0.39, 0.29) is 0 Å². The van der Waals surface area contributed by atoms with E-state index in [4.69, 9.17) is 0 Å². The minimum Gasteiger partial charge on any atom is -0.0654 e. The zero-order valence-electron chi connectivity index (χ0n) is 12.0. The molecule has 0 saturated heterocycles. The largest absolute Gasteiger partial charge is 0.0654 e. The van der Waals surface area contributed by atoms with Crippen LogP contribution >= 0.6 is 0 Å². The molecule has 0 atom stereocenters. The van der Waals surface area contributed by atoms with Crippen LogP contribution in [-0.4, -0.2) is 0 Å². The average Bonchev–Trinajstić information content (AvgIpc) is 2.42. The molecule has 0 amide bonds. The van der Waals surface area contributed by atoms with Gasteiger partial charge in [0.2, 0.25) is 0 Å². The molecule has 0 aliphatic heterocycles. The summed E-state index contributed by atoms with van der Waals surface area (Å²) in [6.07, 6.45) is 15.2. The SMILES string of the molecule is CCCCCCCCCCCCc1[c][c]ccc1. The molecule has 1 aromatic rings. The van der Waals surface area contributed by atoms with Gasteiger partial charge in [0.15, 0.2) is 0 Å². The van der Waals surface area contributed by atoms with Gasteiger partial charge in [-0.05, 0) is 30.5 Å². The molecular weight excluding hydrogens is 216 g/mol. The predicted molar refractivity (Wildman–Crippen MR) is 79.7 cm³/mol. The highest BCUT2D eigenvalue weighted by Crippen LogP contribution is 2.12. The molecule has 0 bridgehead atoms. The molecule has 2 radical (unpaired) electrons. The Morgan fingerprint density at radius 3 is 2.00 bits per heavy atom. The van der Waals surface area contributed by atoms with Gasteiger partial charge in [-0.25, -0.2) is 0 Å². The number of rotatable bonds is 11. The van der Waals surface area contributed by atoms with Crippen LogP contribution in [0.3, 0.4) is 0 Å². The van der Waals surface area contributed by atoms with Gasteiger partial charge in [-0.1, -0.05) is 82.9 Å². The van der Waals surface area contributed by atoms with Crippen LogP contribution in [0.4, 0.5) is 0 Å². The average molecular weight is 244 g/mol. The molecule has 0 aliphatic rings. The van der Waals surface area contributed by atoms with Gasteiger partial charge in [-0.3, -0.25) is 0 Å². The molecule has 0 aliphatic carbocycles. The van der Waals surface area contributed by atoms with Gasteiger partial charge in [-0.2, -0.15) is 0 Å². The third kappa shape index (κ3) is 8.33. The maximum absolute atomic E-state index is 3.17. The van der Waals surface area contributed by atoms with Crippen molar-refractivity contribution in [1.82, 2.24) is 0 Å². The number of benzene rings is 1. The fraction of sp³-hybridized carbons (Fsp3) is 0.667. The molecule has 0 nitrogen and oxygen atoms in total. The summed E-state index contributed by atoms with van der Waals surface area (Å²) in [6, 6.07) is 12.3. The van der Waals surface area contributed by atoms with Gasteiger partial charge in [0.1, 0.15) is 0 Å². The Balaban J connectivity index is 1.82. The Bertz CT molecular complexity index is 263. The summed E-state index contributed by atoms with van der Waals surface area (Å²) in [5, 5.41) is 0. The van der Waals surface area contributed by atoms with Crippen molar-refractivity contribution in [2.75, 3.05) is 0 Å². The lowest BCUT2D eigenvalue weighted by Gasteiger charge is -2.02. The van der Waals surface area contributed by atoms with Crippen molar-refractivity contribution in [2.24, 2.45) is 0 Å².